The molecule has 0 aliphatic rings. The first-order valence-corrected chi connectivity index (χ1v) is 9.03. The fourth-order valence-corrected chi connectivity index (χ4v) is 2.66. The topological polar surface area (TPSA) is 77.5 Å². The van der Waals surface area contributed by atoms with Gasteiger partial charge in [0.15, 0.2) is 0 Å². The van der Waals surface area contributed by atoms with Crippen molar-refractivity contribution in [3.05, 3.63) is 58.9 Å². The minimum atomic E-state index is -0.428. The van der Waals surface area contributed by atoms with Gasteiger partial charge >= 0.3 is 5.97 Å². The van der Waals surface area contributed by atoms with E-state index in [1.165, 1.54) is 5.56 Å². The fraction of sp³-hybridized carbons (Fsp3) is 0.381. The lowest BCUT2D eigenvalue weighted by atomic mass is 10.1. The van der Waals surface area contributed by atoms with Crippen molar-refractivity contribution < 1.29 is 19.1 Å². The predicted molar refractivity (Wildman–Crippen MR) is 103 cm³/mol. The molecule has 0 bridgehead atoms. The summed E-state index contributed by atoms with van der Waals surface area (Å²) in [6, 6.07) is 11.0. The van der Waals surface area contributed by atoms with Crippen LogP contribution in [0.5, 0.6) is 5.75 Å². The first-order valence-electron chi connectivity index (χ1n) is 9.03. The average molecular weight is 370 g/mol. The van der Waals surface area contributed by atoms with Crippen molar-refractivity contribution in [3.63, 3.8) is 0 Å². The molecule has 0 saturated heterocycles. The van der Waals surface area contributed by atoms with Gasteiger partial charge in [-0.3, -0.25) is 4.79 Å². The molecule has 1 atom stereocenters. The normalized spacial score (nSPS) is 11.6. The number of ether oxygens (including phenoxy) is 2. The highest BCUT2D eigenvalue weighted by atomic mass is 16.5. The number of methoxy groups -OCH3 is 1. The number of rotatable bonds is 8. The number of amides is 1. The molecule has 27 heavy (non-hydrogen) atoms. The molecule has 144 valence electrons. The van der Waals surface area contributed by atoms with E-state index in [1.54, 1.807) is 33.1 Å². The lowest BCUT2D eigenvalue weighted by Crippen LogP contribution is -2.33. The van der Waals surface area contributed by atoms with E-state index >= 15 is 0 Å². The van der Waals surface area contributed by atoms with Crippen molar-refractivity contribution in [2.75, 3.05) is 13.7 Å². The van der Waals surface area contributed by atoms with Gasteiger partial charge in [-0.15, -0.1) is 0 Å². The van der Waals surface area contributed by atoms with Crippen LogP contribution >= 0.6 is 0 Å². The first-order chi connectivity index (χ1) is 12.9. The second kappa shape index (κ2) is 9.71. The van der Waals surface area contributed by atoms with Gasteiger partial charge in [-0.05, 0) is 63.4 Å². The van der Waals surface area contributed by atoms with Crippen LogP contribution in [0.4, 0.5) is 0 Å². The summed E-state index contributed by atoms with van der Waals surface area (Å²) >= 11 is 0. The average Bonchev–Trinajstić information content (AvgIpc) is 2.66. The van der Waals surface area contributed by atoms with Crippen LogP contribution in [0.15, 0.2) is 36.4 Å². The van der Waals surface area contributed by atoms with Crippen LogP contribution in [0.2, 0.25) is 0 Å². The van der Waals surface area contributed by atoms with E-state index in [0.717, 1.165) is 18.6 Å². The third kappa shape index (κ3) is 5.81. The molecule has 0 radical (unpaired) electrons. The largest absolute Gasteiger partial charge is 0.497 e. The first kappa shape index (κ1) is 20.4. The monoisotopic (exact) mass is 370 g/mol. The minimum Gasteiger partial charge on any atom is -0.497 e. The van der Waals surface area contributed by atoms with E-state index in [-0.39, 0.29) is 17.6 Å². The number of benzene rings is 1. The molecule has 1 aromatic carbocycles. The fourth-order valence-electron chi connectivity index (χ4n) is 2.66. The second-order valence-corrected chi connectivity index (χ2v) is 6.31. The van der Waals surface area contributed by atoms with Gasteiger partial charge < -0.3 is 14.8 Å². The summed E-state index contributed by atoms with van der Waals surface area (Å²) in [7, 11) is 1.64. The van der Waals surface area contributed by atoms with Crippen molar-refractivity contribution in [2.45, 2.75) is 39.7 Å². The molecule has 0 aliphatic carbocycles. The zero-order valence-corrected chi connectivity index (χ0v) is 16.2. The maximum Gasteiger partial charge on any atom is 0.339 e. The number of pyridine rings is 1. The number of nitrogens with zero attached hydrogens (tertiary/aromatic N) is 1. The summed E-state index contributed by atoms with van der Waals surface area (Å²) < 4.78 is 10.1. The number of hydrogen-bond donors (Lipinski definition) is 1. The van der Waals surface area contributed by atoms with Gasteiger partial charge in [0, 0.05) is 6.04 Å². The number of hydrogen-bond acceptors (Lipinski definition) is 5. The summed E-state index contributed by atoms with van der Waals surface area (Å²) in [4.78, 5) is 28.5. The minimum absolute atomic E-state index is 0.00793. The smallest absolute Gasteiger partial charge is 0.339 e. The Morgan fingerprint density at radius 1 is 1.15 bits per heavy atom. The Bertz CT molecular complexity index is 787. The van der Waals surface area contributed by atoms with Crippen molar-refractivity contribution in [2.24, 2.45) is 0 Å². The van der Waals surface area contributed by atoms with Gasteiger partial charge in [-0.1, -0.05) is 12.1 Å². The molecule has 0 spiro atoms. The van der Waals surface area contributed by atoms with E-state index in [9.17, 15) is 9.59 Å². The van der Waals surface area contributed by atoms with Crippen molar-refractivity contribution in [1.29, 1.82) is 0 Å². The summed E-state index contributed by atoms with van der Waals surface area (Å²) in [5, 5.41) is 2.95. The molecular weight excluding hydrogens is 344 g/mol. The quantitative estimate of drug-likeness (QED) is 0.721. The zero-order valence-electron chi connectivity index (χ0n) is 16.2. The van der Waals surface area contributed by atoms with Crippen LogP contribution in [0.1, 0.15) is 52.4 Å². The maximum atomic E-state index is 12.4. The van der Waals surface area contributed by atoms with E-state index in [2.05, 4.69) is 10.3 Å². The van der Waals surface area contributed by atoms with Gasteiger partial charge in [0.1, 0.15) is 11.4 Å². The highest BCUT2D eigenvalue weighted by Crippen LogP contribution is 2.14. The van der Waals surface area contributed by atoms with Gasteiger partial charge in [0.25, 0.3) is 5.91 Å². The summed E-state index contributed by atoms with van der Waals surface area (Å²) in [5.41, 5.74) is 2.33. The Hall–Kier alpha value is -2.89. The summed E-state index contributed by atoms with van der Waals surface area (Å²) in [6.45, 7) is 5.69. The highest BCUT2D eigenvalue weighted by molar-refractivity contribution is 5.95. The Kier molecular flexibility index (Phi) is 7.34. The predicted octanol–water partition coefficient (Wildman–Crippen LogP) is 3.33. The standard InChI is InChI=1S/C21H26N2O4/c1-5-27-21(25)18-12-13-19(23-15(18)3)20(24)22-14(2)6-7-16-8-10-17(26-4)11-9-16/h8-14H,5-7H2,1-4H3,(H,22,24). The SMILES string of the molecule is CCOC(=O)c1ccc(C(=O)NC(C)CCc2ccc(OC)cc2)nc1C. The molecule has 1 N–H and O–H groups in total. The molecule has 2 rings (SSSR count). The molecule has 0 fully saturated rings. The molecule has 6 nitrogen and oxygen atoms in total. The Labute approximate surface area is 159 Å². The van der Waals surface area contributed by atoms with Crippen molar-refractivity contribution in [1.82, 2.24) is 10.3 Å². The number of aromatic nitrogens is 1. The third-order valence-electron chi connectivity index (χ3n) is 4.22. The van der Waals surface area contributed by atoms with Crippen LogP contribution < -0.4 is 10.1 Å². The Morgan fingerprint density at radius 2 is 1.85 bits per heavy atom. The molecule has 0 saturated carbocycles. The Morgan fingerprint density at radius 3 is 2.44 bits per heavy atom. The number of nitrogens with one attached hydrogen (secondary N) is 1. The van der Waals surface area contributed by atoms with Crippen LogP contribution in [0, 0.1) is 6.92 Å². The number of carbonyl (C=O) groups is 2. The van der Waals surface area contributed by atoms with Crippen LogP contribution in [-0.2, 0) is 11.2 Å². The van der Waals surface area contributed by atoms with Crippen LogP contribution in [-0.4, -0.2) is 36.6 Å². The number of esters is 1. The summed E-state index contributed by atoms with van der Waals surface area (Å²) in [5.74, 6) is 0.144. The molecule has 0 aliphatic heterocycles. The van der Waals surface area contributed by atoms with Gasteiger partial charge in [0.2, 0.25) is 0 Å². The molecular formula is C21H26N2O4. The second-order valence-electron chi connectivity index (χ2n) is 6.31. The van der Waals surface area contributed by atoms with Crippen LogP contribution in [0.25, 0.3) is 0 Å². The van der Waals surface area contributed by atoms with Gasteiger partial charge in [-0.25, -0.2) is 9.78 Å². The van der Waals surface area contributed by atoms with Crippen molar-refractivity contribution >= 4 is 11.9 Å². The number of carbonyl (C=O) groups excluding carboxylic acids is 2. The lowest BCUT2D eigenvalue weighted by molar-refractivity contribution is 0.0524. The van der Waals surface area contributed by atoms with Crippen LogP contribution in [0.3, 0.4) is 0 Å². The molecule has 1 heterocycles. The van der Waals surface area contributed by atoms with Gasteiger partial charge in [-0.2, -0.15) is 0 Å². The molecule has 1 amide bonds. The molecule has 6 heteroatoms. The third-order valence-corrected chi connectivity index (χ3v) is 4.22. The molecule has 2 aromatic rings. The maximum absolute atomic E-state index is 12.4. The summed E-state index contributed by atoms with van der Waals surface area (Å²) in [6.07, 6.45) is 1.65. The lowest BCUT2D eigenvalue weighted by Gasteiger charge is -2.14. The van der Waals surface area contributed by atoms with E-state index < -0.39 is 5.97 Å². The Balaban J connectivity index is 1.91. The van der Waals surface area contributed by atoms with Crippen molar-refractivity contribution in [3.8, 4) is 5.75 Å². The van der Waals surface area contributed by atoms with E-state index in [1.807, 2.05) is 31.2 Å². The van der Waals surface area contributed by atoms with Gasteiger partial charge in [0.05, 0.1) is 25.0 Å². The van der Waals surface area contributed by atoms with E-state index in [4.69, 9.17) is 9.47 Å². The molecule has 1 unspecified atom stereocenters. The molecule has 1 aromatic heterocycles. The number of aryl methyl sites for hydroxylation is 2. The van der Waals surface area contributed by atoms with E-state index in [0.29, 0.717) is 17.9 Å². The highest BCUT2D eigenvalue weighted by Gasteiger charge is 2.16. The zero-order chi connectivity index (χ0) is 19.8.